The van der Waals surface area contributed by atoms with Crippen LogP contribution in [0, 0.1) is 6.92 Å². The van der Waals surface area contributed by atoms with E-state index in [0.29, 0.717) is 18.3 Å². The monoisotopic (exact) mass is 416 g/mol. The van der Waals surface area contributed by atoms with Gasteiger partial charge in [0.2, 0.25) is 5.89 Å². The lowest BCUT2D eigenvalue weighted by Crippen LogP contribution is -2.38. The number of rotatable bonds is 6. The molecule has 0 unspecified atom stereocenters. The molecule has 0 aliphatic carbocycles. The fourth-order valence-electron chi connectivity index (χ4n) is 1.75. The van der Waals surface area contributed by atoms with E-state index in [2.05, 4.69) is 30.8 Å². The fourth-order valence-corrected chi connectivity index (χ4v) is 1.75. The van der Waals surface area contributed by atoms with Crippen molar-refractivity contribution in [3.05, 3.63) is 41.8 Å². The van der Waals surface area contributed by atoms with Gasteiger partial charge in [-0.25, -0.2) is 4.99 Å². The number of nitrogens with zero attached hydrogens (tertiary/aromatic N) is 4. The van der Waals surface area contributed by atoms with Gasteiger partial charge in [0.15, 0.2) is 11.8 Å². The van der Waals surface area contributed by atoms with Crippen molar-refractivity contribution in [2.75, 3.05) is 13.1 Å². The maximum absolute atomic E-state index is 5.03. The smallest absolute Gasteiger partial charge is 0.248 e. The van der Waals surface area contributed by atoms with Crippen molar-refractivity contribution in [2.24, 2.45) is 4.99 Å². The van der Waals surface area contributed by atoms with Crippen LogP contribution >= 0.6 is 24.0 Å². The van der Waals surface area contributed by atoms with Gasteiger partial charge in [0, 0.05) is 31.4 Å². The molecule has 0 aliphatic heterocycles. The second-order valence-electron chi connectivity index (χ2n) is 4.43. The summed E-state index contributed by atoms with van der Waals surface area (Å²) >= 11 is 0. The van der Waals surface area contributed by atoms with Crippen LogP contribution in [0.1, 0.15) is 24.3 Å². The first-order chi connectivity index (χ1) is 10.3. The molecule has 2 heterocycles. The van der Waals surface area contributed by atoms with E-state index >= 15 is 0 Å². The van der Waals surface area contributed by atoms with Crippen LogP contribution < -0.4 is 10.6 Å². The highest BCUT2D eigenvalue weighted by atomic mass is 127. The average Bonchev–Trinajstić information content (AvgIpc) is 2.91. The molecule has 2 rings (SSSR count). The molecule has 0 bridgehead atoms. The maximum Gasteiger partial charge on any atom is 0.248 e. The Morgan fingerprint density at radius 3 is 2.82 bits per heavy atom. The summed E-state index contributed by atoms with van der Waals surface area (Å²) in [5, 5.41) is 10.2. The molecule has 0 spiro atoms. The van der Waals surface area contributed by atoms with Crippen molar-refractivity contribution in [1.82, 2.24) is 25.8 Å². The summed E-state index contributed by atoms with van der Waals surface area (Å²) in [5.74, 6) is 1.85. The van der Waals surface area contributed by atoms with Gasteiger partial charge >= 0.3 is 0 Å². The van der Waals surface area contributed by atoms with Gasteiger partial charge in [-0.3, -0.25) is 4.98 Å². The number of aryl methyl sites for hydroxylation is 1. The quantitative estimate of drug-likeness (QED) is 0.424. The number of aromatic nitrogens is 3. The Hall–Kier alpha value is -1.71. The fraction of sp³-hybridized carbons (Fsp3) is 0.429. The summed E-state index contributed by atoms with van der Waals surface area (Å²) in [4.78, 5) is 12.8. The maximum atomic E-state index is 5.03. The molecule has 0 amide bonds. The largest absolute Gasteiger partial charge is 0.357 e. The number of nitrogens with one attached hydrogen (secondary N) is 2. The Morgan fingerprint density at radius 1 is 1.32 bits per heavy atom. The molecule has 0 atom stereocenters. The van der Waals surface area contributed by atoms with Gasteiger partial charge in [0.1, 0.15) is 6.54 Å². The number of pyridine rings is 1. The van der Waals surface area contributed by atoms with Gasteiger partial charge in [0.05, 0.1) is 0 Å². The molecular weight excluding hydrogens is 395 g/mol. The van der Waals surface area contributed by atoms with Crippen LogP contribution in [0.4, 0.5) is 0 Å². The van der Waals surface area contributed by atoms with Crippen molar-refractivity contribution < 1.29 is 4.52 Å². The normalized spacial score (nSPS) is 10.9. The summed E-state index contributed by atoms with van der Waals surface area (Å²) in [6, 6.07) is 5.90. The van der Waals surface area contributed by atoms with E-state index in [0.717, 1.165) is 31.2 Å². The molecule has 2 N–H and O–H groups in total. The van der Waals surface area contributed by atoms with Gasteiger partial charge in [-0.15, -0.1) is 24.0 Å². The summed E-state index contributed by atoms with van der Waals surface area (Å²) in [6.45, 7) is 5.71. The minimum Gasteiger partial charge on any atom is -0.357 e. The first kappa shape index (κ1) is 18.3. The summed E-state index contributed by atoms with van der Waals surface area (Å²) in [5.41, 5.74) is 1.05. The van der Waals surface area contributed by atoms with Gasteiger partial charge in [0.25, 0.3) is 0 Å². The lowest BCUT2D eigenvalue weighted by Gasteiger charge is -2.10. The van der Waals surface area contributed by atoms with E-state index in [1.165, 1.54) is 0 Å². The molecule has 0 saturated carbocycles. The van der Waals surface area contributed by atoms with Crippen molar-refractivity contribution in [1.29, 1.82) is 0 Å². The topological polar surface area (TPSA) is 88.2 Å². The molecule has 22 heavy (non-hydrogen) atoms. The van der Waals surface area contributed by atoms with E-state index in [1.807, 2.05) is 25.1 Å². The van der Waals surface area contributed by atoms with Crippen LogP contribution in [-0.4, -0.2) is 34.2 Å². The van der Waals surface area contributed by atoms with E-state index in [4.69, 9.17) is 4.52 Å². The number of aliphatic imine (C=N–C) groups is 1. The lowest BCUT2D eigenvalue weighted by atomic mass is 10.3. The molecule has 7 nitrogen and oxygen atoms in total. The number of hydrogen-bond acceptors (Lipinski definition) is 5. The molecule has 2 aromatic heterocycles. The molecule has 0 radical (unpaired) electrons. The predicted octanol–water partition coefficient (Wildman–Crippen LogP) is 1.69. The van der Waals surface area contributed by atoms with Crippen LogP contribution in [0.2, 0.25) is 0 Å². The molecule has 8 heteroatoms. The van der Waals surface area contributed by atoms with Crippen LogP contribution in [-0.2, 0) is 13.0 Å². The van der Waals surface area contributed by atoms with E-state index in [-0.39, 0.29) is 24.0 Å². The minimum atomic E-state index is 0. The van der Waals surface area contributed by atoms with E-state index in [9.17, 15) is 0 Å². The van der Waals surface area contributed by atoms with Gasteiger partial charge < -0.3 is 15.2 Å². The zero-order valence-corrected chi connectivity index (χ0v) is 15.1. The number of guanidine groups is 1. The Bertz CT molecular complexity index is 572. The zero-order chi connectivity index (χ0) is 14.9. The van der Waals surface area contributed by atoms with Crippen LogP contribution in [0.15, 0.2) is 33.9 Å². The van der Waals surface area contributed by atoms with Gasteiger partial charge in [-0.2, -0.15) is 4.98 Å². The highest BCUT2D eigenvalue weighted by molar-refractivity contribution is 14.0. The van der Waals surface area contributed by atoms with Crippen LogP contribution in [0.25, 0.3) is 0 Å². The van der Waals surface area contributed by atoms with Crippen molar-refractivity contribution in [3.63, 3.8) is 0 Å². The Morgan fingerprint density at radius 2 is 2.18 bits per heavy atom. The van der Waals surface area contributed by atoms with Crippen molar-refractivity contribution in [3.8, 4) is 0 Å². The lowest BCUT2D eigenvalue weighted by molar-refractivity contribution is 0.376. The highest BCUT2D eigenvalue weighted by Crippen LogP contribution is 1.97. The predicted molar refractivity (Wildman–Crippen MR) is 95.2 cm³/mol. The standard InChI is InChI=1S/C14H20N6O.HI/c1-3-15-14(18-10-13-19-11(2)20-21-13)17-9-7-12-6-4-5-8-16-12;/h4-6,8H,3,7,9-10H2,1-2H3,(H2,15,17,18);1H. The molecular formula is C14H21IN6O. The molecule has 0 aromatic carbocycles. The first-order valence-electron chi connectivity index (χ1n) is 6.99. The van der Waals surface area contributed by atoms with Crippen molar-refractivity contribution in [2.45, 2.75) is 26.8 Å². The molecule has 120 valence electrons. The SMILES string of the molecule is CCNC(=NCc1nc(C)no1)NCCc1ccccn1.I. The summed E-state index contributed by atoms with van der Waals surface area (Å²) in [7, 11) is 0. The van der Waals surface area contributed by atoms with Crippen LogP contribution in [0.3, 0.4) is 0 Å². The second kappa shape index (κ2) is 10.1. The summed E-state index contributed by atoms with van der Waals surface area (Å²) < 4.78 is 5.03. The number of halogens is 1. The van der Waals surface area contributed by atoms with Crippen molar-refractivity contribution >= 4 is 29.9 Å². The van der Waals surface area contributed by atoms with Gasteiger partial charge in [-0.05, 0) is 26.0 Å². The molecule has 2 aromatic rings. The Labute approximate surface area is 147 Å². The highest BCUT2D eigenvalue weighted by Gasteiger charge is 2.03. The Kier molecular flexibility index (Phi) is 8.41. The molecule has 0 aliphatic rings. The summed E-state index contributed by atoms with van der Waals surface area (Å²) in [6.07, 6.45) is 2.64. The third kappa shape index (κ3) is 6.37. The second-order valence-corrected chi connectivity index (χ2v) is 4.43. The molecule has 0 saturated heterocycles. The zero-order valence-electron chi connectivity index (χ0n) is 12.7. The van der Waals surface area contributed by atoms with E-state index < -0.39 is 0 Å². The van der Waals surface area contributed by atoms with Gasteiger partial charge in [-0.1, -0.05) is 11.2 Å². The number of hydrogen-bond donors (Lipinski definition) is 2. The average molecular weight is 416 g/mol. The minimum absolute atomic E-state index is 0. The van der Waals surface area contributed by atoms with Crippen LogP contribution in [0.5, 0.6) is 0 Å². The van der Waals surface area contributed by atoms with E-state index in [1.54, 1.807) is 13.1 Å². The Balaban J connectivity index is 0.00000242. The third-order valence-corrected chi connectivity index (χ3v) is 2.69. The first-order valence-corrected chi connectivity index (χ1v) is 6.99. The molecule has 0 fully saturated rings. The third-order valence-electron chi connectivity index (χ3n) is 2.69.